The number of hydrogen-bond acceptors (Lipinski definition) is 13. The Morgan fingerprint density at radius 2 is 1.21 bits per heavy atom. The fraction of sp³-hybridized carbons (Fsp3) is 0.833. The molecule has 3 saturated carbocycles. The standard InChI is InChI=1S/C42H70N4O11/c1-23(2)12-35(49)54-19-28-15-26(17-47)38(32(28)21-55-36(50)13-24(3)4)30-9-10-31(40(30)52)39-27(18-48)16-29(33(39)22-56-37(51)14-25(5)6)20-57-41(53)34(43)8-7-11-46-42(44)45/h18,23-34,38-39,47H,7-17,19-22,43H2,1-6H3,(H4,44,45,46)/t26-,27+,28+,29-,30?,31?,32-,33+,34-,38?,39?/m0/s1. The molecule has 15 nitrogen and oxygen atoms in total. The van der Waals surface area contributed by atoms with Gasteiger partial charge in [0.2, 0.25) is 0 Å². The Balaban J connectivity index is 1.86. The van der Waals surface area contributed by atoms with Crippen LogP contribution in [-0.4, -0.2) is 92.6 Å². The second-order valence-electron chi connectivity index (χ2n) is 17.9. The van der Waals surface area contributed by atoms with Gasteiger partial charge in [0.25, 0.3) is 0 Å². The third-order valence-corrected chi connectivity index (χ3v) is 12.0. The average molecular weight is 807 g/mol. The van der Waals surface area contributed by atoms with Crippen LogP contribution in [0.3, 0.4) is 0 Å². The largest absolute Gasteiger partial charge is 0.465 e. The molecule has 3 aliphatic carbocycles. The van der Waals surface area contributed by atoms with Crippen LogP contribution in [0, 0.1) is 76.9 Å². The SMILES string of the molecule is CC(C)CC(=O)OC[C@H]1C[C@@H](CO)C(C2CCC(C3[C@@H](C=O)C[C@@H](COC(=O)[C@@H](N)CCCN=C(N)N)[C@H]3COC(=O)CC(C)C)C2=O)[C@H]1COC(=O)CC(C)C. The number of ketones is 1. The van der Waals surface area contributed by atoms with Gasteiger partial charge >= 0.3 is 23.9 Å². The number of carbonyl (C=O) groups is 6. The van der Waals surface area contributed by atoms with Gasteiger partial charge in [-0.2, -0.15) is 0 Å². The van der Waals surface area contributed by atoms with Crippen LogP contribution in [0.15, 0.2) is 4.99 Å². The molecule has 3 fully saturated rings. The van der Waals surface area contributed by atoms with Gasteiger partial charge < -0.3 is 46.0 Å². The van der Waals surface area contributed by atoms with E-state index in [4.69, 9.17) is 36.1 Å². The molecule has 0 amide bonds. The number of nitrogens with two attached hydrogens (primary N) is 3. The second kappa shape index (κ2) is 23.1. The van der Waals surface area contributed by atoms with Crippen LogP contribution in [0.2, 0.25) is 0 Å². The molecule has 0 spiro atoms. The van der Waals surface area contributed by atoms with Crippen molar-refractivity contribution in [2.75, 3.05) is 39.6 Å². The van der Waals surface area contributed by atoms with Crippen LogP contribution in [0.1, 0.15) is 99.3 Å². The van der Waals surface area contributed by atoms with Gasteiger partial charge in [-0.05, 0) is 80.0 Å². The van der Waals surface area contributed by atoms with E-state index in [-0.39, 0.29) is 129 Å². The lowest BCUT2D eigenvalue weighted by atomic mass is 9.73. The van der Waals surface area contributed by atoms with Gasteiger partial charge in [-0.3, -0.25) is 29.0 Å². The normalized spacial score (nSPS) is 29.1. The molecule has 0 bridgehead atoms. The number of guanidine groups is 1. The van der Waals surface area contributed by atoms with Crippen LogP contribution in [0.5, 0.6) is 0 Å². The predicted molar refractivity (Wildman–Crippen MR) is 212 cm³/mol. The molecule has 324 valence electrons. The van der Waals surface area contributed by atoms with Gasteiger partial charge in [-0.15, -0.1) is 0 Å². The quantitative estimate of drug-likeness (QED) is 0.0289. The molecule has 0 radical (unpaired) electrons. The molecule has 57 heavy (non-hydrogen) atoms. The van der Waals surface area contributed by atoms with Gasteiger partial charge in [0, 0.05) is 67.9 Å². The zero-order chi connectivity index (χ0) is 42.4. The van der Waals surface area contributed by atoms with Crippen molar-refractivity contribution in [2.45, 2.75) is 105 Å². The van der Waals surface area contributed by atoms with Crippen molar-refractivity contribution in [3.8, 4) is 0 Å². The topological polar surface area (TPSA) is 250 Å². The Bertz CT molecular complexity index is 1380. The van der Waals surface area contributed by atoms with Gasteiger partial charge in [0.1, 0.15) is 18.1 Å². The third kappa shape index (κ3) is 14.3. The summed E-state index contributed by atoms with van der Waals surface area (Å²) in [6.45, 7) is 11.7. The highest BCUT2D eigenvalue weighted by Crippen LogP contribution is 2.55. The van der Waals surface area contributed by atoms with Crippen molar-refractivity contribution in [1.82, 2.24) is 0 Å². The summed E-state index contributed by atoms with van der Waals surface area (Å²) >= 11 is 0. The van der Waals surface area contributed by atoms with Crippen molar-refractivity contribution in [3.05, 3.63) is 0 Å². The van der Waals surface area contributed by atoms with E-state index in [0.717, 1.165) is 6.29 Å². The first-order valence-electron chi connectivity index (χ1n) is 21.0. The van der Waals surface area contributed by atoms with E-state index in [1.807, 2.05) is 41.5 Å². The lowest BCUT2D eigenvalue weighted by Gasteiger charge is -2.32. The lowest BCUT2D eigenvalue weighted by Crippen LogP contribution is -2.38. The first kappa shape index (κ1) is 47.8. The molecule has 0 aliphatic heterocycles. The number of aldehydes is 1. The second-order valence-corrected chi connectivity index (χ2v) is 17.9. The molecule has 0 aromatic heterocycles. The molecule has 3 aliphatic rings. The average Bonchev–Trinajstić information content (AvgIpc) is 3.79. The minimum Gasteiger partial charge on any atom is -0.465 e. The van der Waals surface area contributed by atoms with Crippen LogP contribution >= 0.6 is 0 Å². The number of aliphatic hydroxyl groups is 1. The van der Waals surface area contributed by atoms with Crippen molar-refractivity contribution in [2.24, 2.45) is 99.1 Å². The summed E-state index contributed by atoms with van der Waals surface area (Å²) in [7, 11) is 0. The Morgan fingerprint density at radius 1 is 0.737 bits per heavy atom. The predicted octanol–water partition coefficient (Wildman–Crippen LogP) is 3.20. The number of hydrogen-bond donors (Lipinski definition) is 4. The van der Waals surface area contributed by atoms with Crippen molar-refractivity contribution < 1.29 is 52.8 Å². The molecule has 15 heteroatoms. The Labute approximate surface area is 338 Å². The smallest absolute Gasteiger partial charge is 0.322 e. The monoisotopic (exact) mass is 807 g/mol. The minimum atomic E-state index is -0.913. The summed E-state index contributed by atoms with van der Waals surface area (Å²) in [5.74, 6) is -5.63. The molecular weight excluding hydrogens is 736 g/mol. The number of ether oxygens (including phenoxy) is 4. The third-order valence-electron chi connectivity index (χ3n) is 12.0. The molecule has 0 saturated heterocycles. The number of aliphatic hydroxyl groups excluding tert-OH is 1. The maximum atomic E-state index is 14.8. The van der Waals surface area contributed by atoms with Crippen molar-refractivity contribution in [3.63, 3.8) is 0 Å². The lowest BCUT2D eigenvalue weighted by molar-refractivity contribution is -0.151. The first-order chi connectivity index (χ1) is 27.0. The van der Waals surface area contributed by atoms with E-state index in [9.17, 15) is 33.9 Å². The van der Waals surface area contributed by atoms with E-state index in [0.29, 0.717) is 45.1 Å². The van der Waals surface area contributed by atoms with E-state index in [1.165, 1.54) is 0 Å². The fourth-order valence-corrected chi connectivity index (χ4v) is 9.51. The van der Waals surface area contributed by atoms with Gasteiger partial charge in [0.05, 0.1) is 26.4 Å². The van der Waals surface area contributed by atoms with E-state index in [2.05, 4.69) is 4.99 Å². The van der Waals surface area contributed by atoms with Gasteiger partial charge in [-0.1, -0.05) is 41.5 Å². The fourth-order valence-electron chi connectivity index (χ4n) is 9.51. The van der Waals surface area contributed by atoms with Crippen LogP contribution in [-0.2, 0) is 47.7 Å². The van der Waals surface area contributed by atoms with E-state index in [1.54, 1.807) is 0 Å². The Kier molecular flexibility index (Phi) is 19.4. The highest BCUT2D eigenvalue weighted by atomic mass is 16.5. The van der Waals surface area contributed by atoms with Crippen LogP contribution in [0.4, 0.5) is 0 Å². The van der Waals surface area contributed by atoms with Crippen LogP contribution in [0.25, 0.3) is 0 Å². The molecule has 4 unspecified atom stereocenters. The van der Waals surface area contributed by atoms with E-state index >= 15 is 0 Å². The minimum absolute atomic E-state index is 0.0340. The number of carbonyl (C=O) groups excluding carboxylic acids is 6. The molecular formula is C42H70N4O11. The summed E-state index contributed by atoms with van der Waals surface area (Å²) in [6, 6.07) is -0.913. The molecule has 0 aromatic carbocycles. The highest BCUT2D eigenvalue weighted by Gasteiger charge is 2.56. The summed E-state index contributed by atoms with van der Waals surface area (Å²) in [6.07, 6.45) is 4.13. The molecule has 0 heterocycles. The zero-order valence-corrected chi connectivity index (χ0v) is 35.0. The van der Waals surface area contributed by atoms with Crippen molar-refractivity contribution >= 4 is 41.9 Å². The van der Waals surface area contributed by atoms with Crippen molar-refractivity contribution in [1.29, 1.82) is 0 Å². The van der Waals surface area contributed by atoms with Gasteiger partial charge in [0.15, 0.2) is 5.96 Å². The molecule has 0 aromatic rings. The summed E-state index contributed by atoms with van der Waals surface area (Å²) in [5.41, 5.74) is 16.8. The number of nitrogens with zero attached hydrogens (tertiary/aromatic N) is 1. The Morgan fingerprint density at radius 3 is 1.70 bits per heavy atom. The maximum Gasteiger partial charge on any atom is 0.322 e. The number of Topliss-reactive ketones (excluding diaryl/α,β-unsaturated/α-hetero) is 1. The molecule has 7 N–H and O–H groups in total. The Hall–Kier alpha value is -3.59. The summed E-state index contributed by atoms with van der Waals surface area (Å²) in [4.78, 5) is 82.4. The number of esters is 4. The van der Waals surface area contributed by atoms with Gasteiger partial charge in [-0.25, -0.2) is 0 Å². The zero-order valence-electron chi connectivity index (χ0n) is 35.0. The summed E-state index contributed by atoms with van der Waals surface area (Å²) < 4.78 is 23.0. The number of aliphatic imine (C=N–C) groups is 1. The molecule has 11 atom stereocenters. The maximum absolute atomic E-state index is 14.8. The molecule has 3 rings (SSSR count). The van der Waals surface area contributed by atoms with E-state index < -0.39 is 41.6 Å². The highest BCUT2D eigenvalue weighted by molar-refractivity contribution is 5.86. The number of rotatable bonds is 23. The summed E-state index contributed by atoms with van der Waals surface area (Å²) in [5, 5.41) is 10.7. The first-order valence-corrected chi connectivity index (χ1v) is 21.0. The van der Waals surface area contributed by atoms with Crippen LogP contribution < -0.4 is 17.2 Å².